The molecular weight excluding hydrogens is 250 g/mol. The molecule has 0 unspecified atom stereocenters. The highest BCUT2D eigenvalue weighted by atomic mass is 35.5. The van der Waals surface area contributed by atoms with Gasteiger partial charge in [-0.1, -0.05) is 23.7 Å². The Balaban J connectivity index is 1.85. The summed E-state index contributed by atoms with van der Waals surface area (Å²) in [6, 6.07) is 7.93. The molecule has 1 saturated heterocycles. The third kappa shape index (κ3) is 3.47. The normalized spacial score (nSPS) is 17.7. The van der Waals surface area contributed by atoms with E-state index in [-0.39, 0.29) is 11.9 Å². The summed E-state index contributed by atoms with van der Waals surface area (Å²) in [6.07, 6.45) is 1.76. The Morgan fingerprint density at radius 1 is 1.44 bits per heavy atom. The van der Waals surface area contributed by atoms with Crippen LogP contribution in [0.15, 0.2) is 24.3 Å². The molecule has 1 fully saturated rings. The van der Waals surface area contributed by atoms with Crippen LogP contribution in [0, 0.1) is 5.92 Å². The zero-order valence-electron chi connectivity index (χ0n) is 10.6. The van der Waals surface area contributed by atoms with Gasteiger partial charge in [-0.3, -0.25) is 9.69 Å². The standard InChI is InChI=1S/C14H18ClNO2/c1-18-14(17)12-5-7-16(8-6-12)10-11-3-2-4-13(15)9-11/h2-4,9,12H,5-8,10H2,1H3. The van der Waals surface area contributed by atoms with Gasteiger partial charge < -0.3 is 4.74 Å². The van der Waals surface area contributed by atoms with Crippen LogP contribution in [0.25, 0.3) is 0 Å². The van der Waals surface area contributed by atoms with Crippen LogP contribution < -0.4 is 0 Å². The zero-order chi connectivity index (χ0) is 13.0. The average molecular weight is 268 g/mol. The number of esters is 1. The van der Waals surface area contributed by atoms with Crippen molar-refractivity contribution in [2.45, 2.75) is 19.4 Å². The fraction of sp³-hybridized carbons (Fsp3) is 0.500. The maximum atomic E-state index is 11.4. The number of likely N-dealkylation sites (tertiary alicyclic amines) is 1. The minimum absolute atomic E-state index is 0.0718. The SMILES string of the molecule is COC(=O)C1CCN(Cc2cccc(Cl)c2)CC1. The highest BCUT2D eigenvalue weighted by Gasteiger charge is 2.25. The van der Waals surface area contributed by atoms with Gasteiger partial charge >= 0.3 is 5.97 Å². The number of hydrogen-bond donors (Lipinski definition) is 0. The van der Waals surface area contributed by atoms with Gasteiger partial charge in [0, 0.05) is 11.6 Å². The lowest BCUT2D eigenvalue weighted by molar-refractivity contribution is -0.147. The molecule has 0 atom stereocenters. The van der Waals surface area contributed by atoms with Gasteiger partial charge in [-0.2, -0.15) is 0 Å². The monoisotopic (exact) mass is 267 g/mol. The van der Waals surface area contributed by atoms with Gasteiger partial charge in [0.2, 0.25) is 0 Å². The van der Waals surface area contributed by atoms with Crippen molar-refractivity contribution < 1.29 is 9.53 Å². The molecule has 1 aliphatic heterocycles. The van der Waals surface area contributed by atoms with Gasteiger partial charge in [-0.15, -0.1) is 0 Å². The van der Waals surface area contributed by atoms with E-state index in [1.807, 2.05) is 18.2 Å². The number of hydrogen-bond acceptors (Lipinski definition) is 3. The first-order chi connectivity index (χ1) is 8.69. The molecule has 0 aromatic heterocycles. The molecule has 0 saturated carbocycles. The third-order valence-electron chi connectivity index (χ3n) is 3.42. The van der Waals surface area contributed by atoms with Gasteiger partial charge in [-0.25, -0.2) is 0 Å². The van der Waals surface area contributed by atoms with E-state index in [1.54, 1.807) is 0 Å². The summed E-state index contributed by atoms with van der Waals surface area (Å²) in [7, 11) is 1.46. The van der Waals surface area contributed by atoms with Gasteiger partial charge in [0.25, 0.3) is 0 Å². The van der Waals surface area contributed by atoms with Crippen LogP contribution in [0.5, 0.6) is 0 Å². The van der Waals surface area contributed by atoms with E-state index in [0.717, 1.165) is 37.5 Å². The van der Waals surface area contributed by atoms with Crippen LogP contribution in [-0.2, 0) is 16.1 Å². The Kier molecular flexibility index (Phi) is 4.61. The van der Waals surface area contributed by atoms with E-state index >= 15 is 0 Å². The molecule has 0 aliphatic carbocycles. The van der Waals surface area contributed by atoms with Crippen LogP contribution in [0.1, 0.15) is 18.4 Å². The summed E-state index contributed by atoms with van der Waals surface area (Å²) in [6.45, 7) is 2.77. The molecule has 0 radical (unpaired) electrons. The van der Waals surface area contributed by atoms with Crippen LogP contribution in [0.4, 0.5) is 0 Å². The largest absolute Gasteiger partial charge is 0.469 e. The number of nitrogens with zero attached hydrogens (tertiary/aromatic N) is 1. The second-order valence-electron chi connectivity index (χ2n) is 4.70. The molecule has 18 heavy (non-hydrogen) atoms. The predicted octanol–water partition coefficient (Wildman–Crippen LogP) is 2.73. The topological polar surface area (TPSA) is 29.5 Å². The van der Waals surface area contributed by atoms with Crippen molar-refractivity contribution in [2.75, 3.05) is 20.2 Å². The third-order valence-corrected chi connectivity index (χ3v) is 3.65. The molecule has 1 aliphatic rings. The minimum atomic E-state index is -0.0718. The highest BCUT2D eigenvalue weighted by Crippen LogP contribution is 2.20. The van der Waals surface area contributed by atoms with Crippen LogP contribution in [0.2, 0.25) is 5.02 Å². The quantitative estimate of drug-likeness (QED) is 0.789. The van der Waals surface area contributed by atoms with Crippen molar-refractivity contribution in [3.8, 4) is 0 Å². The van der Waals surface area contributed by atoms with E-state index in [2.05, 4.69) is 11.0 Å². The fourth-order valence-corrected chi connectivity index (χ4v) is 2.60. The van der Waals surface area contributed by atoms with E-state index in [0.29, 0.717) is 0 Å². The molecule has 2 rings (SSSR count). The molecule has 0 N–H and O–H groups in total. The van der Waals surface area contributed by atoms with Crippen molar-refractivity contribution in [2.24, 2.45) is 5.92 Å². The Labute approximate surface area is 113 Å². The number of benzene rings is 1. The van der Waals surface area contributed by atoms with Gasteiger partial charge in [0.05, 0.1) is 13.0 Å². The van der Waals surface area contributed by atoms with Crippen LogP contribution in [0.3, 0.4) is 0 Å². The number of carbonyl (C=O) groups is 1. The molecule has 1 heterocycles. The van der Waals surface area contributed by atoms with E-state index in [9.17, 15) is 4.79 Å². The number of methoxy groups -OCH3 is 1. The Morgan fingerprint density at radius 3 is 2.78 bits per heavy atom. The molecule has 0 amide bonds. The molecule has 0 spiro atoms. The lowest BCUT2D eigenvalue weighted by Gasteiger charge is -2.30. The number of ether oxygens (including phenoxy) is 1. The first-order valence-corrected chi connectivity index (χ1v) is 6.61. The zero-order valence-corrected chi connectivity index (χ0v) is 11.3. The second kappa shape index (κ2) is 6.21. The average Bonchev–Trinajstić information content (AvgIpc) is 2.39. The van der Waals surface area contributed by atoms with E-state index < -0.39 is 0 Å². The Morgan fingerprint density at radius 2 is 2.17 bits per heavy atom. The van der Waals surface area contributed by atoms with Crippen LogP contribution in [-0.4, -0.2) is 31.1 Å². The first kappa shape index (κ1) is 13.4. The lowest BCUT2D eigenvalue weighted by atomic mass is 9.97. The Bertz CT molecular complexity index is 414. The van der Waals surface area contributed by atoms with Gasteiger partial charge in [-0.05, 0) is 43.6 Å². The molecule has 3 nitrogen and oxygen atoms in total. The van der Waals surface area contributed by atoms with Crippen LogP contribution >= 0.6 is 11.6 Å². The van der Waals surface area contributed by atoms with Crippen molar-refractivity contribution in [3.05, 3.63) is 34.9 Å². The highest BCUT2D eigenvalue weighted by molar-refractivity contribution is 6.30. The van der Waals surface area contributed by atoms with E-state index in [4.69, 9.17) is 16.3 Å². The van der Waals surface area contributed by atoms with Crippen molar-refractivity contribution in [1.82, 2.24) is 4.90 Å². The van der Waals surface area contributed by atoms with Crippen molar-refractivity contribution in [3.63, 3.8) is 0 Å². The fourth-order valence-electron chi connectivity index (χ4n) is 2.39. The van der Waals surface area contributed by atoms with Gasteiger partial charge in [0.15, 0.2) is 0 Å². The summed E-state index contributed by atoms with van der Waals surface area (Å²) in [5, 5.41) is 0.775. The molecule has 1 aromatic rings. The maximum absolute atomic E-state index is 11.4. The molecule has 0 bridgehead atoms. The van der Waals surface area contributed by atoms with Gasteiger partial charge in [0.1, 0.15) is 0 Å². The number of rotatable bonds is 3. The minimum Gasteiger partial charge on any atom is -0.469 e. The van der Waals surface area contributed by atoms with Crippen molar-refractivity contribution >= 4 is 17.6 Å². The number of piperidine rings is 1. The summed E-state index contributed by atoms with van der Waals surface area (Å²) < 4.78 is 4.78. The predicted molar refractivity (Wildman–Crippen MR) is 71.5 cm³/mol. The first-order valence-electron chi connectivity index (χ1n) is 6.23. The molecular formula is C14H18ClNO2. The summed E-state index contributed by atoms with van der Waals surface area (Å²) in [5.41, 5.74) is 1.22. The molecule has 98 valence electrons. The van der Waals surface area contributed by atoms with E-state index in [1.165, 1.54) is 12.7 Å². The number of halogens is 1. The summed E-state index contributed by atoms with van der Waals surface area (Å²) in [5.74, 6) is 0.00279. The maximum Gasteiger partial charge on any atom is 0.308 e. The van der Waals surface area contributed by atoms with Crippen molar-refractivity contribution in [1.29, 1.82) is 0 Å². The summed E-state index contributed by atoms with van der Waals surface area (Å²) in [4.78, 5) is 13.8. The Hall–Kier alpha value is -1.06. The lowest BCUT2D eigenvalue weighted by Crippen LogP contribution is -2.36. The summed E-state index contributed by atoms with van der Waals surface area (Å²) >= 11 is 5.97. The smallest absolute Gasteiger partial charge is 0.308 e. The number of carbonyl (C=O) groups excluding carboxylic acids is 1. The second-order valence-corrected chi connectivity index (χ2v) is 5.14. The molecule has 4 heteroatoms. The molecule has 1 aromatic carbocycles.